The lowest BCUT2D eigenvalue weighted by Gasteiger charge is -2.50. The minimum absolute atomic E-state index is 0.0544. The molecule has 6 heteroatoms. The number of hydrogen-bond donors (Lipinski definition) is 0. The van der Waals surface area contributed by atoms with Crippen LogP contribution in [0.3, 0.4) is 0 Å². The van der Waals surface area contributed by atoms with Crippen molar-refractivity contribution < 1.29 is 8.42 Å². The molecule has 2 aliphatic heterocycles. The average Bonchev–Trinajstić information content (AvgIpc) is 2.58. The average molecular weight is 352 g/mol. The van der Waals surface area contributed by atoms with Crippen molar-refractivity contribution in [3.63, 3.8) is 0 Å². The van der Waals surface area contributed by atoms with Gasteiger partial charge in [-0.1, -0.05) is 31.5 Å². The maximum Gasteiger partial charge on any atom is 0.243 e. The van der Waals surface area contributed by atoms with Crippen molar-refractivity contribution in [2.75, 3.05) is 39.3 Å². The van der Waals surface area contributed by atoms with Gasteiger partial charge in [0.15, 0.2) is 0 Å². The zero-order valence-electron chi connectivity index (χ0n) is 15.0. The van der Waals surface area contributed by atoms with Crippen LogP contribution in [0.25, 0.3) is 0 Å². The maximum absolute atomic E-state index is 13.2. The monoisotopic (exact) mass is 351 g/mol. The molecule has 0 amide bonds. The minimum Gasteiger partial charge on any atom is -0.300 e. The van der Waals surface area contributed by atoms with Crippen LogP contribution in [-0.4, -0.2) is 73.9 Å². The summed E-state index contributed by atoms with van der Waals surface area (Å²) in [5.74, 6) is 0. The van der Waals surface area contributed by atoms with Crippen LogP contribution in [0.2, 0.25) is 0 Å². The Balaban J connectivity index is 1.92. The first-order valence-corrected chi connectivity index (χ1v) is 10.5. The van der Waals surface area contributed by atoms with E-state index in [1.165, 1.54) is 0 Å². The summed E-state index contributed by atoms with van der Waals surface area (Å²) in [6, 6.07) is 7.62. The third-order valence-corrected chi connectivity index (χ3v) is 7.48. The molecule has 2 aliphatic rings. The Morgan fingerprint density at radius 3 is 2.38 bits per heavy atom. The van der Waals surface area contributed by atoms with E-state index in [1.54, 1.807) is 16.4 Å². The molecule has 2 heterocycles. The second-order valence-corrected chi connectivity index (χ2v) is 8.76. The summed E-state index contributed by atoms with van der Waals surface area (Å²) in [5.41, 5.74) is 1.08. The molecule has 0 saturated carbocycles. The molecule has 0 N–H and O–H groups in total. The molecule has 1 aromatic carbocycles. The van der Waals surface area contributed by atoms with Crippen LogP contribution < -0.4 is 0 Å². The van der Waals surface area contributed by atoms with Gasteiger partial charge in [-0.2, -0.15) is 4.31 Å². The second kappa shape index (κ2) is 7.12. The zero-order valence-corrected chi connectivity index (χ0v) is 15.8. The van der Waals surface area contributed by atoms with Gasteiger partial charge >= 0.3 is 0 Å². The first-order valence-electron chi connectivity index (χ1n) is 9.02. The van der Waals surface area contributed by atoms with Gasteiger partial charge in [-0.25, -0.2) is 8.42 Å². The molecule has 2 fully saturated rings. The SMILES string of the molecule is CCN(CC)[C@H]1CCN2CCN(S(=O)(=O)c3ccc(C)cc3)[C@H]1C2. The number of hydrogen-bond acceptors (Lipinski definition) is 4. The van der Waals surface area contributed by atoms with E-state index < -0.39 is 10.0 Å². The molecule has 1 aromatic rings. The van der Waals surface area contributed by atoms with Gasteiger partial charge in [-0.15, -0.1) is 0 Å². The number of aryl methyl sites for hydroxylation is 1. The highest BCUT2D eigenvalue weighted by atomic mass is 32.2. The fourth-order valence-corrected chi connectivity index (χ4v) is 5.78. The van der Waals surface area contributed by atoms with Gasteiger partial charge in [0, 0.05) is 25.7 Å². The molecular weight excluding hydrogens is 322 g/mol. The predicted molar refractivity (Wildman–Crippen MR) is 96.6 cm³/mol. The van der Waals surface area contributed by atoms with Crippen molar-refractivity contribution in [3.8, 4) is 0 Å². The molecule has 0 spiro atoms. The summed E-state index contributed by atoms with van der Waals surface area (Å²) in [6.45, 7) is 11.6. The van der Waals surface area contributed by atoms with Crippen molar-refractivity contribution in [1.82, 2.24) is 14.1 Å². The summed E-state index contributed by atoms with van der Waals surface area (Å²) in [5, 5.41) is 0. The number of piperazine rings is 1. The molecule has 24 heavy (non-hydrogen) atoms. The van der Waals surface area contributed by atoms with E-state index in [4.69, 9.17) is 0 Å². The first-order chi connectivity index (χ1) is 11.5. The predicted octanol–water partition coefficient (Wildman–Crippen LogP) is 1.78. The topological polar surface area (TPSA) is 43.9 Å². The molecule has 3 atom stereocenters. The Bertz CT molecular complexity index is 655. The van der Waals surface area contributed by atoms with Gasteiger partial charge in [0.1, 0.15) is 0 Å². The van der Waals surface area contributed by atoms with Gasteiger partial charge in [-0.3, -0.25) is 4.90 Å². The quantitative estimate of drug-likeness (QED) is 0.811. The molecule has 0 aliphatic carbocycles. The van der Waals surface area contributed by atoms with E-state index in [9.17, 15) is 8.42 Å². The van der Waals surface area contributed by atoms with E-state index in [0.717, 1.165) is 44.7 Å². The summed E-state index contributed by atoms with van der Waals surface area (Å²) in [6.07, 6.45) is 1.05. The standard InChI is InChI=1S/C18H29N3O2S/c1-4-20(5-2)17-10-11-19-12-13-21(18(17)14-19)24(22,23)16-8-6-15(3)7-9-16/h6-9,17-18H,4-5,10-14H2,1-3H3/t17-,18-/m0/s1. The summed E-state index contributed by atoms with van der Waals surface area (Å²) < 4.78 is 28.2. The van der Waals surface area contributed by atoms with Crippen molar-refractivity contribution in [3.05, 3.63) is 29.8 Å². The Kier molecular flexibility index (Phi) is 5.30. The Labute approximate surface area is 146 Å². The molecule has 3 rings (SSSR count). The van der Waals surface area contributed by atoms with Crippen LogP contribution in [0.15, 0.2) is 29.2 Å². The smallest absolute Gasteiger partial charge is 0.243 e. The number of piperidine rings is 1. The van der Waals surface area contributed by atoms with Crippen LogP contribution in [0.4, 0.5) is 0 Å². The number of sulfonamides is 1. The highest BCUT2D eigenvalue weighted by Gasteiger charge is 2.44. The van der Waals surface area contributed by atoms with E-state index in [0.29, 0.717) is 17.5 Å². The fraction of sp³-hybridized carbons (Fsp3) is 0.667. The molecule has 5 nitrogen and oxygen atoms in total. The van der Waals surface area contributed by atoms with Gasteiger partial charge in [0.05, 0.1) is 10.9 Å². The summed E-state index contributed by atoms with van der Waals surface area (Å²) in [7, 11) is -3.43. The third kappa shape index (κ3) is 3.25. The van der Waals surface area contributed by atoms with Crippen LogP contribution in [0.1, 0.15) is 25.8 Å². The number of benzene rings is 1. The normalized spacial score (nSPS) is 28.2. The second-order valence-electron chi connectivity index (χ2n) is 6.87. The highest BCUT2D eigenvalue weighted by molar-refractivity contribution is 7.89. The lowest BCUT2D eigenvalue weighted by atomic mass is 9.95. The van der Waals surface area contributed by atoms with Gasteiger partial charge in [0.25, 0.3) is 0 Å². The Hall–Kier alpha value is -0.950. The van der Waals surface area contributed by atoms with E-state index >= 15 is 0 Å². The third-order valence-electron chi connectivity index (χ3n) is 5.55. The van der Waals surface area contributed by atoms with E-state index in [1.807, 2.05) is 19.1 Å². The van der Waals surface area contributed by atoms with E-state index in [2.05, 4.69) is 23.6 Å². The van der Waals surface area contributed by atoms with Gasteiger partial charge in [-0.05, 0) is 45.1 Å². The maximum atomic E-state index is 13.2. The van der Waals surface area contributed by atoms with Gasteiger partial charge < -0.3 is 4.90 Å². The number of nitrogens with zero attached hydrogens (tertiary/aromatic N) is 3. The Morgan fingerprint density at radius 2 is 1.75 bits per heavy atom. The molecule has 0 radical (unpaired) electrons. The van der Waals surface area contributed by atoms with Crippen LogP contribution in [-0.2, 0) is 10.0 Å². The highest BCUT2D eigenvalue weighted by Crippen LogP contribution is 2.29. The molecular formula is C18H29N3O2S. The fourth-order valence-electron chi connectivity index (χ4n) is 4.14. The van der Waals surface area contributed by atoms with Crippen molar-refractivity contribution in [2.24, 2.45) is 0 Å². The van der Waals surface area contributed by atoms with Crippen molar-refractivity contribution in [2.45, 2.75) is 44.2 Å². The lowest BCUT2D eigenvalue weighted by Crippen LogP contribution is -2.66. The van der Waals surface area contributed by atoms with Crippen molar-refractivity contribution >= 4 is 10.0 Å². The van der Waals surface area contributed by atoms with Crippen molar-refractivity contribution in [1.29, 1.82) is 0 Å². The Morgan fingerprint density at radius 1 is 1.08 bits per heavy atom. The molecule has 2 bridgehead atoms. The summed E-state index contributed by atoms with van der Waals surface area (Å²) >= 11 is 0. The number of fused-ring (bicyclic) bond motifs is 2. The molecule has 1 unspecified atom stereocenters. The zero-order chi connectivity index (χ0) is 17.3. The molecule has 0 aromatic heterocycles. The van der Waals surface area contributed by atoms with Crippen LogP contribution in [0, 0.1) is 6.92 Å². The van der Waals surface area contributed by atoms with Crippen LogP contribution in [0.5, 0.6) is 0 Å². The largest absolute Gasteiger partial charge is 0.300 e. The van der Waals surface area contributed by atoms with E-state index in [-0.39, 0.29) is 6.04 Å². The molecule has 2 saturated heterocycles. The van der Waals surface area contributed by atoms with Crippen LogP contribution >= 0.6 is 0 Å². The number of rotatable bonds is 5. The summed E-state index contributed by atoms with van der Waals surface area (Å²) in [4.78, 5) is 5.25. The molecule has 134 valence electrons. The number of likely N-dealkylation sites (N-methyl/N-ethyl adjacent to an activating group) is 1. The lowest BCUT2D eigenvalue weighted by molar-refractivity contribution is 0.0163. The van der Waals surface area contributed by atoms with Gasteiger partial charge in [0.2, 0.25) is 10.0 Å². The minimum atomic E-state index is -3.43. The first kappa shape index (κ1) is 17.9.